The summed E-state index contributed by atoms with van der Waals surface area (Å²) in [6.45, 7) is 4.41. The summed E-state index contributed by atoms with van der Waals surface area (Å²) < 4.78 is 5.64. The van der Waals surface area contributed by atoms with Crippen LogP contribution in [0, 0.1) is 12.8 Å². The van der Waals surface area contributed by atoms with Gasteiger partial charge in [-0.25, -0.2) is 5.43 Å². The van der Waals surface area contributed by atoms with Crippen molar-refractivity contribution < 1.29 is 9.53 Å². The van der Waals surface area contributed by atoms with Gasteiger partial charge in [0, 0.05) is 17.2 Å². The van der Waals surface area contributed by atoms with E-state index in [2.05, 4.69) is 10.5 Å². The predicted octanol–water partition coefficient (Wildman–Crippen LogP) is 3.71. The molecule has 0 radical (unpaired) electrons. The van der Waals surface area contributed by atoms with Crippen molar-refractivity contribution in [1.82, 2.24) is 5.43 Å². The van der Waals surface area contributed by atoms with E-state index in [0.29, 0.717) is 30.4 Å². The maximum atomic E-state index is 11.6. The quantitative estimate of drug-likeness (QED) is 0.474. The van der Waals surface area contributed by atoms with Crippen LogP contribution in [0.25, 0.3) is 0 Å². The second kappa shape index (κ2) is 7.46. The molecule has 21 heavy (non-hydrogen) atoms. The zero-order chi connectivity index (χ0) is 15.2. The third-order valence-electron chi connectivity index (χ3n) is 3.47. The van der Waals surface area contributed by atoms with E-state index < -0.39 is 0 Å². The molecule has 1 saturated carbocycles. The molecule has 1 aliphatic rings. The van der Waals surface area contributed by atoms with E-state index in [9.17, 15) is 4.79 Å². The molecule has 1 amide bonds. The number of benzene rings is 1. The summed E-state index contributed by atoms with van der Waals surface area (Å²) in [5.74, 6) is 1.33. The molecule has 5 heteroatoms. The number of hydrogen-bond donors (Lipinski definition) is 1. The smallest absolute Gasteiger partial charge is 0.240 e. The summed E-state index contributed by atoms with van der Waals surface area (Å²) in [5, 5.41) is 4.81. The molecule has 114 valence electrons. The van der Waals surface area contributed by atoms with Crippen LogP contribution < -0.4 is 10.2 Å². The van der Waals surface area contributed by atoms with Crippen molar-refractivity contribution in [3.63, 3.8) is 0 Å². The van der Waals surface area contributed by atoms with E-state index in [1.165, 1.54) is 12.8 Å². The fraction of sp³-hybridized carbons (Fsp3) is 0.500. The van der Waals surface area contributed by atoms with E-state index in [4.69, 9.17) is 16.3 Å². The maximum Gasteiger partial charge on any atom is 0.240 e. The summed E-state index contributed by atoms with van der Waals surface area (Å²) in [4.78, 5) is 11.6. The van der Waals surface area contributed by atoms with Gasteiger partial charge in [0.1, 0.15) is 5.75 Å². The molecule has 0 heterocycles. The predicted molar refractivity (Wildman–Crippen MR) is 84.9 cm³/mol. The normalized spacial score (nSPS) is 14.9. The number of halogens is 1. The SMILES string of the molecule is C/C(=N\NC(=O)CCCOc1ccc(Cl)cc1C)C1CC1. The fourth-order valence-corrected chi connectivity index (χ4v) is 2.22. The van der Waals surface area contributed by atoms with E-state index in [1.807, 2.05) is 26.0 Å². The van der Waals surface area contributed by atoms with Crippen molar-refractivity contribution in [2.45, 2.75) is 39.5 Å². The number of hydrazone groups is 1. The van der Waals surface area contributed by atoms with Crippen LogP contribution in [-0.4, -0.2) is 18.2 Å². The minimum atomic E-state index is -0.0635. The minimum absolute atomic E-state index is 0.0635. The number of carbonyl (C=O) groups is 1. The standard InChI is InChI=1S/C16H21ClN2O2/c1-11-10-14(17)7-8-15(11)21-9-3-4-16(20)19-18-12(2)13-5-6-13/h7-8,10,13H,3-6,9H2,1-2H3,(H,19,20)/b18-12+. The lowest BCUT2D eigenvalue weighted by Gasteiger charge is -2.09. The van der Waals surface area contributed by atoms with Gasteiger partial charge in [-0.3, -0.25) is 4.79 Å². The number of nitrogens with zero attached hydrogens (tertiary/aromatic N) is 1. The Hall–Kier alpha value is -1.55. The fourth-order valence-electron chi connectivity index (χ4n) is 1.99. The molecule has 0 unspecified atom stereocenters. The molecule has 1 fully saturated rings. The average Bonchev–Trinajstić information content (AvgIpc) is 3.27. The highest BCUT2D eigenvalue weighted by Gasteiger charge is 2.24. The van der Waals surface area contributed by atoms with Gasteiger partial charge in [-0.1, -0.05) is 11.6 Å². The van der Waals surface area contributed by atoms with Crippen LogP contribution in [0.2, 0.25) is 5.02 Å². The first-order valence-electron chi connectivity index (χ1n) is 7.28. The molecule has 4 nitrogen and oxygen atoms in total. The number of carbonyl (C=O) groups excluding carboxylic acids is 1. The Labute approximate surface area is 130 Å². The minimum Gasteiger partial charge on any atom is -0.493 e. The second-order valence-corrected chi connectivity index (χ2v) is 5.86. The lowest BCUT2D eigenvalue weighted by molar-refractivity contribution is -0.121. The first-order chi connectivity index (χ1) is 10.1. The zero-order valence-electron chi connectivity index (χ0n) is 12.5. The second-order valence-electron chi connectivity index (χ2n) is 5.42. The molecular formula is C16H21ClN2O2. The molecule has 2 rings (SSSR count). The van der Waals surface area contributed by atoms with Gasteiger partial charge in [-0.05, 0) is 62.8 Å². The van der Waals surface area contributed by atoms with Crippen molar-refractivity contribution >= 4 is 23.2 Å². The van der Waals surface area contributed by atoms with Gasteiger partial charge >= 0.3 is 0 Å². The monoisotopic (exact) mass is 308 g/mol. The lowest BCUT2D eigenvalue weighted by atomic mass is 10.2. The summed E-state index contributed by atoms with van der Waals surface area (Å²) in [6.07, 6.45) is 3.46. The topological polar surface area (TPSA) is 50.7 Å². The molecule has 1 aliphatic carbocycles. The van der Waals surface area contributed by atoms with E-state index in [0.717, 1.165) is 17.0 Å². The molecule has 0 bridgehead atoms. The van der Waals surface area contributed by atoms with Crippen LogP contribution in [0.5, 0.6) is 5.75 Å². The number of ether oxygens (including phenoxy) is 1. The number of amides is 1. The summed E-state index contributed by atoms with van der Waals surface area (Å²) in [6, 6.07) is 5.51. The van der Waals surface area contributed by atoms with Crippen molar-refractivity contribution in [2.75, 3.05) is 6.61 Å². The molecule has 0 aromatic heterocycles. The molecule has 0 saturated heterocycles. The molecule has 1 N–H and O–H groups in total. The van der Waals surface area contributed by atoms with E-state index in [-0.39, 0.29) is 5.91 Å². The van der Waals surface area contributed by atoms with E-state index in [1.54, 1.807) is 6.07 Å². The number of nitrogens with one attached hydrogen (secondary N) is 1. The molecule has 0 aliphatic heterocycles. The average molecular weight is 309 g/mol. The number of hydrogen-bond acceptors (Lipinski definition) is 3. The van der Waals surface area contributed by atoms with Gasteiger partial charge in [0.05, 0.1) is 6.61 Å². The van der Waals surface area contributed by atoms with Gasteiger partial charge in [0.2, 0.25) is 5.91 Å². The van der Waals surface area contributed by atoms with Crippen LogP contribution in [0.4, 0.5) is 0 Å². The molecule has 1 aromatic rings. The van der Waals surface area contributed by atoms with Gasteiger partial charge < -0.3 is 4.74 Å². The Morgan fingerprint density at radius 3 is 2.90 bits per heavy atom. The molecule has 1 aromatic carbocycles. The Balaban J connectivity index is 1.64. The third kappa shape index (κ3) is 5.38. The third-order valence-corrected chi connectivity index (χ3v) is 3.70. The number of rotatable bonds is 7. The van der Waals surface area contributed by atoms with Crippen LogP contribution in [0.3, 0.4) is 0 Å². The lowest BCUT2D eigenvalue weighted by Crippen LogP contribution is -2.19. The molecule has 0 atom stereocenters. The Morgan fingerprint density at radius 1 is 1.48 bits per heavy atom. The van der Waals surface area contributed by atoms with Crippen LogP contribution in [-0.2, 0) is 4.79 Å². The van der Waals surface area contributed by atoms with E-state index >= 15 is 0 Å². The van der Waals surface area contributed by atoms with Crippen LogP contribution in [0.15, 0.2) is 23.3 Å². The summed E-state index contributed by atoms with van der Waals surface area (Å²) >= 11 is 5.89. The van der Waals surface area contributed by atoms with Crippen molar-refractivity contribution in [1.29, 1.82) is 0 Å². The first kappa shape index (κ1) is 15.8. The Morgan fingerprint density at radius 2 is 2.24 bits per heavy atom. The van der Waals surface area contributed by atoms with Crippen LogP contribution >= 0.6 is 11.6 Å². The van der Waals surface area contributed by atoms with Gasteiger partial charge in [0.25, 0.3) is 0 Å². The highest BCUT2D eigenvalue weighted by molar-refractivity contribution is 6.30. The summed E-state index contributed by atoms with van der Waals surface area (Å²) in [7, 11) is 0. The van der Waals surface area contributed by atoms with Crippen molar-refractivity contribution in [2.24, 2.45) is 11.0 Å². The van der Waals surface area contributed by atoms with Crippen molar-refractivity contribution in [3.8, 4) is 5.75 Å². The highest BCUT2D eigenvalue weighted by Crippen LogP contribution is 2.30. The Kier molecular flexibility index (Phi) is 5.62. The first-order valence-corrected chi connectivity index (χ1v) is 7.66. The van der Waals surface area contributed by atoms with Crippen molar-refractivity contribution in [3.05, 3.63) is 28.8 Å². The van der Waals surface area contributed by atoms with Gasteiger partial charge in [-0.2, -0.15) is 5.10 Å². The van der Waals surface area contributed by atoms with Gasteiger partial charge in [0.15, 0.2) is 0 Å². The largest absolute Gasteiger partial charge is 0.493 e. The highest BCUT2D eigenvalue weighted by atomic mass is 35.5. The van der Waals surface area contributed by atoms with Crippen LogP contribution in [0.1, 0.15) is 38.2 Å². The maximum absolute atomic E-state index is 11.6. The Bertz CT molecular complexity index is 539. The zero-order valence-corrected chi connectivity index (χ0v) is 13.2. The summed E-state index contributed by atoms with van der Waals surface area (Å²) in [5.41, 5.74) is 4.62. The number of aryl methyl sites for hydroxylation is 1. The van der Waals surface area contributed by atoms with Gasteiger partial charge in [-0.15, -0.1) is 0 Å². The molecular weight excluding hydrogens is 288 g/mol. The molecule has 0 spiro atoms.